The molecule has 0 aliphatic rings. The highest BCUT2D eigenvalue weighted by molar-refractivity contribution is 5.76. The van der Waals surface area contributed by atoms with E-state index in [9.17, 15) is 9.59 Å². The van der Waals surface area contributed by atoms with Crippen LogP contribution in [0.5, 0.6) is 0 Å². The molecule has 0 aliphatic carbocycles. The summed E-state index contributed by atoms with van der Waals surface area (Å²) in [5.74, 6) is -1.05. The summed E-state index contributed by atoms with van der Waals surface area (Å²) in [5.41, 5.74) is 0. The van der Waals surface area contributed by atoms with Gasteiger partial charge in [0.05, 0.1) is 6.73 Å². The highest BCUT2D eigenvalue weighted by atomic mass is 16.5. The molecule has 5 heteroatoms. The molecule has 0 aromatic carbocycles. The molecule has 0 heterocycles. The van der Waals surface area contributed by atoms with Gasteiger partial charge >= 0.3 is 5.97 Å². The molecule has 0 saturated heterocycles. The van der Waals surface area contributed by atoms with E-state index in [0.717, 1.165) is 0 Å². The molecule has 0 fully saturated rings. The molecule has 0 bridgehead atoms. The van der Waals surface area contributed by atoms with Crippen molar-refractivity contribution in [1.82, 2.24) is 5.32 Å². The first-order valence-electron chi connectivity index (χ1n) is 3.11. The van der Waals surface area contributed by atoms with Gasteiger partial charge in [0, 0.05) is 13.5 Å². The van der Waals surface area contributed by atoms with Crippen LogP contribution in [-0.2, 0) is 14.3 Å². The standard InChI is InChI=1S/C6H11NO4/c1-11-4-7-5(2-3-8)6(9)10/h3,5,7H,2,4H2,1H3,(H,9,10). The SMILES string of the molecule is COCNC(CC=O)C(=O)O. The van der Waals surface area contributed by atoms with Crippen molar-refractivity contribution in [3.05, 3.63) is 0 Å². The average molecular weight is 161 g/mol. The minimum Gasteiger partial charge on any atom is -0.480 e. The lowest BCUT2D eigenvalue weighted by atomic mass is 10.2. The summed E-state index contributed by atoms with van der Waals surface area (Å²) in [6, 6.07) is -0.840. The van der Waals surface area contributed by atoms with Gasteiger partial charge in [0.15, 0.2) is 0 Å². The van der Waals surface area contributed by atoms with Gasteiger partial charge in [-0.15, -0.1) is 0 Å². The Morgan fingerprint density at radius 3 is 2.82 bits per heavy atom. The number of carboxylic acids is 1. The second-order valence-electron chi connectivity index (χ2n) is 1.93. The van der Waals surface area contributed by atoms with Crippen molar-refractivity contribution in [1.29, 1.82) is 0 Å². The Balaban J connectivity index is 3.69. The largest absolute Gasteiger partial charge is 0.480 e. The summed E-state index contributed by atoms with van der Waals surface area (Å²) in [7, 11) is 1.44. The third-order valence-corrected chi connectivity index (χ3v) is 1.10. The normalized spacial score (nSPS) is 12.5. The van der Waals surface area contributed by atoms with Crippen molar-refractivity contribution in [2.75, 3.05) is 13.8 Å². The zero-order chi connectivity index (χ0) is 8.69. The lowest BCUT2D eigenvalue weighted by molar-refractivity contribution is -0.140. The molecule has 2 N–H and O–H groups in total. The number of aldehydes is 1. The molecule has 0 aliphatic heterocycles. The molecular formula is C6H11NO4. The predicted octanol–water partition coefficient (Wildman–Crippen LogP) is -0.778. The fraction of sp³-hybridized carbons (Fsp3) is 0.667. The van der Waals surface area contributed by atoms with E-state index >= 15 is 0 Å². The molecule has 0 amide bonds. The fourth-order valence-electron chi connectivity index (χ4n) is 0.552. The summed E-state index contributed by atoms with van der Waals surface area (Å²) in [4.78, 5) is 20.3. The third-order valence-electron chi connectivity index (χ3n) is 1.10. The van der Waals surface area contributed by atoms with Gasteiger partial charge in [-0.1, -0.05) is 0 Å². The van der Waals surface area contributed by atoms with Crippen molar-refractivity contribution < 1.29 is 19.4 Å². The van der Waals surface area contributed by atoms with E-state index < -0.39 is 12.0 Å². The topological polar surface area (TPSA) is 75.6 Å². The summed E-state index contributed by atoms with van der Waals surface area (Å²) in [5, 5.41) is 11.0. The Morgan fingerprint density at radius 1 is 1.82 bits per heavy atom. The molecule has 11 heavy (non-hydrogen) atoms. The van der Waals surface area contributed by atoms with Gasteiger partial charge in [0.25, 0.3) is 0 Å². The summed E-state index contributed by atoms with van der Waals surface area (Å²) < 4.78 is 4.58. The van der Waals surface area contributed by atoms with Crippen LogP contribution in [0.25, 0.3) is 0 Å². The second kappa shape index (κ2) is 5.82. The maximum atomic E-state index is 10.3. The van der Waals surface area contributed by atoms with Crippen LogP contribution in [0.1, 0.15) is 6.42 Å². The summed E-state index contributed by atoms with van der Waals surface area (Å²) in [6.45, 7) is 0.130. The molecule has 0 radical (unpaired) electrons. The van der Waals surface area contributed by atoms with Crippen LogP contribution < -0.4 is 5.32 Å². The fourth-order valence-corrected chi connectivity index (χ4v) is 0.552. The van der Waals surface area contributed by atoms with Crippen molar-refractivity contribution >= 4 is 12.3 Å². The van der Waals surface area contributed by atoms with Crippen LogP contribution in [0.3, 0.4) is 0 Å². The average Bonchev–Trinajstić information content (AvgIpc) is 1.97. The summed E-state index contributed by atoms with van der Waals surface area (Å²) >= 11 is 0. The number of ether oxygens (including phenoxy) is 1. The molecule has 64 valence electrons. The molecule has 1 atom stereocenters. The molecule has 5 nitrogen and oxygen atoms in total. The van der Waals surface area contributed by atoms with Gasteiger partial charge in [-0.05, 0) is 0 Å². The minimum absolute atomic E-state index is 0.0430. The van der Waals surface area contributed by atoms with Crippen LogP contribution in [0.4, 0.5) is 0 Å². The Kier molecular flexibility index (Phi) is 5.32. The van der Waals surface area contributed by atoms with Crippen molar-refractivity contribution in [3.8, 4) is 0 Å². The van der Waals surface area contributed by atoms with Gasteiger partial charge in [-0.25, -0.2) is 0 Å². The Labute approximate surface area is 64.3 Å². The van der Waals surface area contributed by atoms with E-state index in [1.165, 1.54) is 7.11 Å². The highest BCUT2D eigenvalue weighted by Crippen LogP contribution is 1.87. The lowest BCUT2D eigenvalue weighted by Crippen LogP contribution is -2.37. The van der Waals surface area contributed by atoms with Gasteiger partial charge in [-0.2, -0.15) is 0 Å². The molecule has 0 saturated carbocycles. The first-order chi connectivity index (χ1) is 5.22. The zero-order valence-corrected chi connectivity index (χ0v) is 6.24. The maximum absolute atomic E-state index is 10.3. The molecule has 0 aromatic heterocycles. The van der Waals surface area contributed by atoms with E-state index in [1.54, 1.807) is 0 Å². The van der Waals surface area contributed by atoms with E-state index in [1.807, 2.05) is 0 Å². The molecular weight excluding hydrogens is 150 g/mol. The first-order valence-corrected chi connectivity index (χ1v) is 3.11. The van der Waals surface area contributed by atoms with Gasteiger partial charge in [-0.3, -0.25) is 10.1 Å². The van der Waals surface area contributed by atoms with E-state index in [2.05, 4.69) is 10.1 Å². The van der Waals surface area contributed by atoms with Crippen molar-refractivity contribution in [3.63, 3.8) is 0 Å². The number of carboxylic acid groups (broad SMARTS) is 1. The molecule has 0 aromatic rings. The number of rotatable bonds is 6. The van der Waals surface area contributed by atoms with E-state index in [-0.39, 0.29) is 13.2 Å². The lowest BCUT2D eigenvalue weighted by Gasteiger charge is -2.09. The molecule has 0 spiro atoms. The Hall–Kier alpha value is -0.940. The van der Waals surface area contributed by atoms with E-state index in [4.69, 9.17) is 5.11 Å². The number of hydrogen-bond donors (Lipinski definition) is 2. The smallest absolute Gasteiger partial charge is 0.321 e. The molecule has 0 rings (SSSR count). The Morgan fingerprint density at radius 2 is 2.45 bits per heavy atom. The quantitative estimate of drug-likeness (QED) is 0.395. The monoisotopic (exact) mass is 161 g/mol. The van der Waals surface area contributed by atoms with Gasteiger partial charge in [0.2, 0.25) is 0 Å². The minimum atomic E-state index is -1.05. The first kappa shape index (κ1) is 10.1. The van der Waals surface area contributed by atoms with Crippen molar-refractivity contribution in [2.45, 2.75) is 12.5 Å². The second-order valence-corrected chi connectivity index (χ2v) is 1.93. The molecule has 1 unspecified atom stereocenters. The third kappa shape index (κ3) is 4.46. The van der Waals surface area contributed by atoms with Crippen LogP contribution >= 0.6 is 0 Å². The van der Waals surface area contributed by atoms with Crippen LogP contribution in [-0.4, -0.2) is 37.2 Å². The Bertz CT molecular complexity index is 137. The van der Waals surface area contributed by atoms with Gasteiger partial charge < -0.3 is 14.6 Å². The number of aliphatic carboxylic acids is 1. The number of hydrogen-bond acceptors (Lipinski definition) is 4. The van der Waals surface area contributed by atoms with Crippen LogP contribution in [0, 0.1) is 0 Å². The number of methoxy groups -OCH3 is 1. The number of carbonyl (C=O) groups excluding carboxylic acids is 1. The number of nitrogens with one attached hydrogen (secondary N) is 1. The maximum Gasteiger partial charge on any atom is 0.321 e. The highest BCUT2D eigenvalue weighted by Gasteiger charge is 2.14. The van der Waals surface area contributed by atoms with Crippen LogP contribution in [0.2, 0.25) is 0 Å². The van der Waals surface area contributed by atoms with Crippen LogP contribution in [0.15, 0.2) is 0 Å². The van der Waals surface area contributed by atoms with Gasteiger partial charge in [0.1, 0.15) is 12.3 Å². The predicted molar refractivity (Wildman–Crippen MR) is 37.1 cm³/mol. The summed E-state index contributed by atoms with van der Waals surface area (Å²) in [6.07, 6.45) is 0.514. The number of carbonyl (C=O) groups is 2. The zero-order valence-electron chi connectivity index (χ0n) is 6.24. The van der Waals surface area contributed by atoms with E-state index in [0.29, 0.717) is 6.29 Å². The van der Waals surface area contributed by atoms with Crippen molar-refractivity contribution in [2.24, 2.45) is 0 Å².